The van der Waals surface area contributed by atoms with Gasteiger partial charge in [-0.2, -0.15) is 0 Å². The third kappa shape index (κ3) is 4.03. The fraction of sp³-hybridized carbons (Fsp3) is 0.160. The molecule has 1 aliphatic heterocycles. The lowest BCUT2D eigenvalue weighted by Crippen LogP contribution is -2.30. The number of carbonyl (C=O) groups is 2. The van der Waals surface area contributed by atoms with Crippen molar-refractivity contribution < 1.29 is 24.2 Å². The first-order valence-electron chi connectivity index (χ1n) is 10.3. The molecule has 1 aliphatic rings. The number of carbonyl (C=O) groups excluding carboxylic acids is 2. The van der Waals surface area contributed by atoms with Gasteiger partial charge < -0.3 is 14.6 Å². The highest BCUT2D eigenvalue weighted by Gasteiger charge is 2.48. The van der Waals surface area contributed by atoms with Gasteiger partial charge in [-0.05, 0) is 49.4 Å². The van der Waals surface area contributed by atoms with Gasteiger partial charge in [-0.3, -0.25) is 19.5 Å². The van der Waals surface area contributed by atoms with E-state index < -0.39 is 17.7 Å². The van der Waals surface area contributed by atoms with Gasteiger partial charge in [0.1, 0.15) is 23.3 Å². The Morgan fingerprint density at radius 3 is 2.55 bits per heavy atom. The van der Waals surface area contributed by atoms with E-state index in [-0.39, 0.29) is 11.3 Å². The van der Waals surface area contributed by atoms with Crippen LogP contribution in [0.3, 0.4) is 0 Å². The lowest BCUT2D eigenvalue weighted by atomic mass is 9.98. The van der Waals surface area contributed by atoms with Crippen LogP contribution in [0.1, 0.15) is 24.2 Å². The number of para-hydroxylation sites is 2. The quantitative estimate of drug-likeness (QED) is 0.321. The molecule has 1 unspecified atom stereocenters. The van der Waals surface area contributed by atoms with Crippen molar-refractivity contribution >= 4 is 34.7 Å². The van der Waals surface area contributed by atoms with Crippen LogP contribution in [-0.2, 0) is 9.59 Å². The maximum absolute atomic E-state index is 13.2. The van der Waals surface area contributed by atoms with Gasteiger partial charge in [-0.25, -0.2) is 0 Å². The molecule has 1 atom stereocenters. The number of anilines is 1. The summed E-state index contributed by atoms with van der Waals surface area (Å²) < 4.78 is 10.9. The minimum Gasteiger partial charge on any atom is -0.507 e. The van der Waals surface area contributed by atoms with Gasteiger partial charge in [-0.1, -0.05) is 29.8 Å². The predicted molar refractivity (Wildman–Crippen MR) is 125 cm³/mol. The van der Waals surface area contributed by atoms with Gasteiger partial charge in [0.2, 0.25) is 0 Å². The number of amides is 1. The van der Waals surface area contributed by atoms with Crippen molar-refractivity contribution in [2.24, 2.45) is 0 Å². The maximum atomic E-state index is 13.2. The van der Waals surface area contributed by atoms with Gasteiger partial charge >= 0.3 is 0 Å². The number of rotatable bonds is 6. The summed E-state index contributed by atoms with van der Waals surface area (Å²) in [5.74, 6) is -1.21. The van der Waals surface area contributed by atoms with Crippen LogP contribution in [0.25, 0.3) is 5.76 Å². The highest BCUT2D eigenvalue weighted by atomic mass is 35.5. The minimum atomic E-state index is -0.964. The largest absolute Gasteiger partial charge is 0.507 e. The van der Waals surface area contributed by atoms with Crippen molar-refractivity contribution in [1.29, 1.82) is 0 Å². The normalized spacial score (nSPS) is 17.3. The van der Waals surface area contributed by atoms with Gasteiger partial charge in [0, 0.05) is 11.8 Å². The minimum absolute atomic E-state index is 0.0885. The van der Waals surface area contributed by atoms with Crippen LogP contribution in [0.15, 0.2) is 72.4 Å². The number of ether oxygens (including phenoxy) is 2. The standard InChI is InChI=1S/C25H21ClN2O5/c1-3-33-20-14-15(11-12-16(20)26)23(29)21-22(17-8-6-7-13-27-17)28(25(31)24(21)30)18-9-4-5-10-19(18)32-2/h4-14,22,29H,3H2,1-2H3/b23-21-. The molecule has 0 spiro atoms. The SMILES string of the molecule is CCOc1cc(/C(O)=C2/C(=O)C(=O)N(c3ccccc3OC)C2c2ccccn2)ccc1Cl. The molecule has 0 saturated carbocycles. The molecule has 1 N–H and O–H groups in total. The number of methoxy groups -OCH3 is 1. The summed E-state index contributed by atoms with van der Waals surface area (Å²) in [6.45, 7) is 2.18. The molecule has 1 amide bonds. The van der Waals surface area contributed by atoms with Crippen molar-refractivity contribution in [1.82, 2.24) is 4.98 Å². The van der Waals surface area contributed by atoms with E-state index >= 15 is 0 Å². The van der Waals surface area contributed by atoms with Crippen LogP contribution in [0.4, 0.5) is 5.69 Å². The van der Waals surface area contributed by atoms with Crippen LogP contribution in [0.5, 0.6) is 11.5 Å². The van der Waals surface area contributed by atoms with E-state index in [0.717, 1.165) is 0 Å². The number of nitrogens with zero attached hydrogens (tertiary/aromatic N) is 2. The number of pyridine rings is 1. The van der Waals surface area contributed by atoms with Crippen molar-refractivity contribution in [3.8, 4) is 11.5 Å². The molecule has 168 valence electrons. The molecular formula is C25H21ClN2O5. The third-order valence-electron chi connectivity index (χ3n) is 5.26. The topological polar surface area (TPSA) is 89.0 Å². The fourth-order valence-electron chi connectivity index (χ4n) is 3.80. The lowest BCUT2D eigenvalue weighted by molar-refractivity contribution is -0.132. The summed E-state index contributed by atoms with van der Waals surface area (Å²) in [4.78, 5) is 32.1. The Morgan fingerprint density at radius 1 is 1.09 bits per heavy atom. The number of aromatic nitrogens is 1. The van der Waals surface area contributed by atoms with Crippen molar-refractivity contribution in [2.75, 3.05) is 18.6 Å². The number of aliphatic hydroxyl groups is 1. The van der Waals surface area contributed by atoms with Crippen molar-refractivity contribution in [2.45, 2.75) is 13.0 Å². The van der Waals surface area contributed by atoms with Crippen molar-refractivity contribution in [3.63, 3.8) is 0 Å². The van der Waals surface area contributed by atoms with E-state index in [0.29, 0.717) is 40.1 Å². The number of aliphatic hydroxyl groups excluding tert-OH is 1. The maximum Gasteiger partial charge on any atom is 0.300 e. The number of hydrogen-bond acceptors (Lipinski definition) is 6. The molecule has 0 radical (unpaired) electrons. The average Bonchev–Trinajstić information content (AvgIpc) is 3.11. The number of Topliss-reactive ketones (excluding diaryl/α,β-unsaturated/α-hetero) is 1. The Balaban J connectivity index is 1.94. The number of ketones is 1. The first kappa shape index (κ1) is 22.4. The molecule has 1 saturated heterocycles. The Morgan fingerprint density at radius 2 is 1.85 bits per heavy atom. The molecule has 4 rings (SSSR count). The second-order valence-electron chi connectivity index (χ2n) is 7.17. The summed E-state index contributed by atoms with van der Waals surface area (Å²) in [6.07, 6.45) is 1.56. The number of benzene rings is 2. The Kier molecular flexibility index (Phi) is 6.33. The van der Waals surface area contributed by atoms with Crippen LogP contribution in [-0.4, -0.2) is 35.5 Å². The van der Waals surface area contributed by atoms with Gasteiger partial charge in [0.25, 0.3) is 11.7 Å². The third-order valence-corrected chi connectivity index (χ3v) is 5.57. The fourth-order valence-corrected chi connectivity index (χ4v) is 3.97. The molecule has 33 heavy (non-hydrogen) atoms. The Labute approximate surface area is 195 Å². The van der Waals surface area contributed by atoms with Crippen LogP contribution in [0.2, 0.25) is 5.02 Å². The Bertz CT molecular complexity index is 1240. The molecule has 1 fully saturated rings. The van der Waals surface area contributed by atoms with E-state index in [4.69, 9.17) is 21.1 Å². The van der Waals surface area contributed by atoms with E-state index in [1.165, 1.54) is 18.1 Å². The summed E-state index contributed by atoms with van der Waals surface area (Å²) >= 11 is 6.18. The molecular weight excluding hydrogens is 444 g/mol. The molecule has 1 aromatic heterocycles. The van der Waals surface area contributed by atoms with Gasteiger partial charge in [0.05, 0.1) is 35.7 Å². The van der Waals surface area contributed by atoms with Gasteiger partial charge in [-0.15, -0.1) is 0 Å². The van der Waals surface area contributed by atoms with Gasteiger partial charge in [0.15, 0.2) is 0 Å². The van der Waals surface area contributed by atoms with E-state index in [1.54, 1.807) is 60.8 Å². The van der Waals surface area contributed by atoms with E-state index in [9.17, 15) is 14.7 Å². The molecule has 0 bridgehead atoms. The second-order valence-corrected chi connectivity index (χ2v) is 7.58. The summed E-state index contributed by atoms with van der Waals surface area (Å²) in [6, 6.07) is 15.7. The lowest BCUT2D eigenvalue weighted by Gasteiger charge is -2.26. The zero-order chi connectivity index (χ0) is 23.5. The van der Waals surface area contributed by atoms with E-state index in [2.05, 4.69) is 4.98 Å². The first-order chi connectivity index (χ1) is 16.0. The predicted octanol–water partition coefficient (Wildman–Crippen LogP) is 4.77. The van der Waals surface area contributed by atoms with Crippen molar-refractivity contribution in [3.05, 3.63) is 88.7 Å². The number of hydrogen-bond donors (Lipinski definition) is 1. The molecule has 7 nitrogen and oxygen atoms in total. The second kappa shape index (κ2) is 9.34. The highest BCUT2D eigenvalue weighted by Crippen LogP contribution is 2.44. The molecule has 3 aromatic rings. The molecule has 2 aromatic carbocycles. The zero-order valence-corrected chi connectivity index (χ0v) is 18.7. The summed E-state index contributed by atoms with van der Waals surface area (Å²) in [7, 11) is 1.48. The van der Waals surface area contributed by atoms with Crippen LogP contribution in [0, 0.1) is 0 Å². The molecule has 0 aliphatic carbocycles. The van der Waals surface area contributed by atoms with Crippen LogP contribution >= 0.6 is 11.6 Å². The Hall–Kier alpha value is -3.84. The smallest absolute Gasteiger partial charge is 0.300 e. The highest BCUT2D eigenvalue weighted by molar-refractivity contribution is 6.51. The summed E-state index contributed by atoms with van der Waals surface area (Å²) in [5, 5.41) is 11.6. The molecule has 8 heteroatoms. The van der Waals surface area contributed by atoms with Crippen LogP contribution < -0.4 is 14.4 Å². The average molecular weight is 465 g/mol. The zero-order valence-electron chi connectivity index (χ0n) is 18.0. The monoisotopic (exact) mass is 464 g/mol. The summed E-state index contributed by atoms with van der Waals surface area (Å²) in [5.41, 5.74) is 1.02. The first-order valence-corrected chi connectivity index (χ1v) is 10.6. The number of halogens is 1. The van der Waals surface area contributed by atoms with E-state index in [1.807, 2.05) is 6.92 Å². The molecule has 2 heterocycles.